The highest BCUT2D eigenvalue weighted by atomic mass is 16.2. The van der Waals surface area contributed by atoms with Crippen LogP contribution in [-0.2, 0) is 7.05 Å². The lowest BCUT2D eigenvalue weighted by atomic mass is 10.2. The molecule has 5 heteroatoms. The highest BCUT2D eigenvalue weighted by Gasteiger charge is 2.13. The van der Waals surface area contributed by atoms with Gasteiger partial charge < -0.3 is 15.2 Å². The average Bonchev–Trinajstić information content (AvgIpc) is 2.20. The van der Waals surface area contributed by atoms with Crippen molar-refractivity contribution in [2.24, 2.45) is 12.8 Å². The summed E-state index contributed by atoms with van der Waals surface area (Å²) >= 11 is 0. The fourth-order valence-corrected chi connectivity index (χ4v) is 1.42. The summed E-state index contributed by atoms with van der Waals surface area (Å²) in [7, 11) is 3.31. The number of nitrogens with two attached hydrogens (primary N) is 1. The molecule has 2 N–H and O–H groups in total. The molecule has 0 bridgehead atoms. The van der Waals surface area contributed by atoms with Crippen LogP contribution >= 0.6 is 0 Å². The second-order valence-corrected chi connectivity index (χ2v) is 4.03. The number of amides is 1. The third-order valence-electron chi connectivity index (χ3n) is 2.26. The minimum atomic E-state index is -0.194. The Morgan fingerprint density at radius 3 is 2.75 bits per heavy atom. The molecule has 0 aliphatic rings. The van der Waals surface area contributed by atoms with E-state index in [1.165, 1.54) is 15.5 Å². The van der Waals surface area contributed by atoms with Gasteiger partial charge in [0.1, 0.15) is 0 Å². The smallest absolute Gasteiger partial charge is 0.253 e. The molecule has 1 atom stereocenters. The van der Waals surface area contributed by atoms with Gasteiger partial charge in [-0.1, -0.05) is 0 Å². The maximum Gasteiger partial charge on any atom is 0.253 e. The van der Waals surface area contributed by atoms with Gasteiger partial charge in [-0.25, -0.2) is 0 Å². The van der Waals surface area contributed by atoms with Gasteiger partial charge in [-0.2, -0.15) is 0 Å². The fraction of sp³-hybridized carbons (Fsp3) is 0.455. The summed E-state index contributed by atoms with van der Waals surface area (Å²) in [4.78, 5) is 24.7. The van der Waals surface area contributed by atoms with E-state index in [2.05, 4.69) is 0 Å². The van der Waals surface area contributed by atoms with Crippen molar-refractivity contribution < 1.29 is 4.79 Å². The van der Waals surface area contributed by atoms with Crippen molar-refractivity contribution in [1.29, 1.82) is 0 Å². The molecule has 0 radical (unpaired) electrons. The lowest BCUT2D eigenvalue weighted by Crippen LogP contribution is -2.37. The van der Waals surface area contributed by atoms with Crippen molar-refractivity contribution >= 4 is 5.91 Å². The summed E-state index contributed by atoms with van der Waals surface area (Å²) in [5.41, 5.74) is 5.80. The van der Waals surface area contributed by atoms with E-state index in [9.17, 15) is 9.59 Å². The molecule has 1 rings (SSSR count). The van der Waals surface area contributed by atoms with E-state index in [4.69, 9.17) is 5.73 Å². The number of nitrogens with zero attached hydrogens (tertiary/aromatic N) is 2. The van der Waals surface area contributed by atoms with E-state index in [1.807, 2.05) is 6.92 Å². The molecule has 0 aliphatic carbocycles. The Labute approximate surface area is 94.5 Å². The largest absolute Gasteiger partial charge is 0.340 e. The first-order valence-electron chi connectivity index (χ1n) is 5.09. The standard InChI is InChI=1S/C11H17N3O2/c1-8(12)7-14(3)11(16)9-4-5-13(2)10(15)6-9/h4-6,8H,7,12H2,1-3H3. The Hall–Kier alpha value is -1.62. The lowest BCUT2D eigenvalue weighted by Gasteiger charge is -2.19. The maximum atomic E-state index is 11.9. The molecule has 1 aromatic heterocycles. The zero-order valence-electron chi connectivity index (χ0n) is 9.80. The van der Waals surface area contributed by atoms with Gasteiger partial charge in [-0.3, -0.25) is 9.59 Å². The van der Waals surface area contributed by atoms with Crippen LogP contribution in [0.3, 0.4) is 0 Å². The molecule has 1 unspecified atom stereocenters. The highest BCUT2D eigenvalue weighted by molar-refractivity contribution is 5.93. The van der Waals surface area contributed by atoms with Crippen molar-refractivity contribution in [3.05, 3.63) is 34.2 Å². The summed E-state index contributed by atoms with van der Waals surface area (Å²) < 4.78 is 1.42. The Kier molecular flexibility index (Phi) is 3.84. The van der Waals surface area contributed by atoms with Crippen molar-refractivity contribution in [1.82, 2.24) is 9.47 Å². The summed E-state index contributed by atoms with van der Waals surface area (Å²) in [6.45, 7) is 2.29. The van der Waals surface area contributed by atoms with Crippen molar-refractivity contribution in [2.75, 3.05) is 13.6 Å². The second kappa shape index (κ2) is 4.94. The third kappa shape index (κ3) is 2.93. The third-order valence-corrected chi connectivity index (χ3v) is 2.26. The van der Waals surface area contributed by atoms with Crippen LogP contribution in [0.1, 0.15) is 17.3 Å². The van der Waals surface area contributed by atoms with Crippen LogP contribution in [0.2, 0.25) is 0 Å². The van der Waals surface area contributed by atoms with Gasteiger partial charge in [-0.05, 0) is 13.0 Å². The average molecular weight is 223 g/mol. The number of carbonyl (C=O) groups excluding carboxylic acids is 1. The molecule has 1 amide bonds. The van der Waals surface area contributed by atoms with Gasteiger partial charge in [-0.15, -0.1) is 0 Å². The van der Waals surface area contributed by atoms with Crippen molar-refractivity contribution in [3.63, 3.8) is 0 Å². The van der Waals surface area contributed by atoms with Crippen LogP contribution in [0.5, 0.6) is 0 Å². The molecule has 1 heterocycles. The first-order valence-corrected chi connectivity index (χ1v) is 5.09. The fourth-order valence-electron chi connectivity index (χ4n) is 1.42. The predicted molar refractivity (Wildman–Crippen MR) is 62.3 cm³/mol. The van der Waals surface area contributed by atoms with Gasteiger partial charge in [0.15, 0.2) is 0 Å². The molecule has 0 saturated carbocycles. The van der Waals surface area contributed by atoms with E-state index in [0.29, 0.717) is 12.1 Å². The quantitative estimate of drug-likeness (QED) is 0.772. The topological polar surface area (TPSA) is 68.3 Å². The highest BCUT2D eigenvalue weighted by Crippen LogP contribution is 2.00. The first kappa shape index (κ1) is 12.4. The van der Waals surface area contributed by atoms with E-state index < -0.39 is 0 Å². The Balaban J connectivity index is 2.88. The number of aryl methyl sites for hydroxylation is 1. The summed E-state index contributed by atoms with van der Waals surface area (Å²) in [6.07, 6.45) is 1.58. The van der Waals surface area contributed by atoms with E-state index in [0.717, 1.165) is 0 Å². The van der Waals surface area contributed by atoms with Crippen LogP contribution in [0.15, 0.2) is 23.1 Å². The Morgan fingerprint density at radius 2 is 2.25 bits per heavy atom. The SMILES string of the molecule is CC(N)CN(C)C(=O)c1ccn(C)c(=O)c1. The van der Waals surface area contributed by atoms with Crippen molar-refractivity contribution in [2.45, 2.75) is 13.0 Å². The minimum Gasteiger partial charge on any atom is -0.340 e. The number of pyridine rings is 1. The molecule has 5 nitrogen and oxygen atoms in total. The second-order valence-electron chi connectivity index (χ2n) is 4.03. The van der Waals surface area contributed by atoms with Crippen LogP contribution in [0.4, 0.5) is 0 Å². The number of aromatic nitrogens is 1. The monoisotopic (exact) mass is 223 g/mol. The van der Waals surface area contributed by atoms with Crippen molar-refractivity contribution in [3.8, 4) is 0 Å². The summed E-state index contributed by atoms with van der Waals surface area (Å²) in [6, 6.07) is 2.88. The zero-order chi connectivity index (χ0) is 12.3. The van der Waals surface area contributed by atoms with Gasteiger partial charge in [0.25, 0.3) is 11.5 Å². The number of likely N-dealkylation sites (N-methyl/N-ethyl adjacent to an activating group) is 1. The summed E-state index contributed by atoms with van der Waals surface area (Å²) in [5.74, 6) is -0.185. The van der Waals surface area contributed by atoms with Crippen LogP contribution in [0.25, 0.3) is 0 Å². The molecule has 0 fully saturated rings. The normalized spacial score (nSPS) is 12.2. The molecule has 0 aliphatic heterocycles. The molecular formula is C11H17N3O2. The molecule has 0 aromatic carbocycles. The maximum absolute atomic E-state index is 11.9. The molecule has 1 aromatic rings. The molecule has 16 heavy (non-hydrogen) atoms. The van der Waals surface area contributed by atoms with Gasteiger partial charge >= 0.3 is 0 Å². The number of hydrogen-bond acceptors (Lipinski definition) is 3. The van der Waals surface area contributed by atoms with Gasteiger partial charge in [0.2, 0.25) is 0 Å². The molecule has 88 valence electrons. The molecule has 0 saturated heterocycles. The summed E-state index contributed by atoms with van der Waals surface area (Å²) in [5, 5.41) is 0. The Bertz CT molecular complexity index is 437. The van der Waals surface area contributed by atoms with Crippen LogP contribution < -0.4 is 11.3 Å². The first-order chi connectivity index (χ1) is 7.41. The van der Waals surface area contributed by atoms with E-state index in [1.54, 1.807) is 26.4 Å². The van der Waals surface area contributed by atoms with E-state index >= 15 is 0 Å². The Morgan fingerprint density at radius 1 is 1.62 bits per heavy atom. The van der Waals surface area contributed by atoms with Crippen LogP contribution in [-0.4, -0.2) is 35.0 Å². The predicted octanol–water partition coefficient (Wildman–Crippen LogP) is -0.196. The lowest BCUT2D eigenvalue weighted by molar-refractivity contribution is 0.0788. The molecule has 0 spiro atoms. The number of hydrogen-bond donors (Lipinski definition) is 1. The number of rotatable bonds is 3. The van der Waals surface area contributed by atoms with Crippen LogP contribution in [0, 0.1) is 0 Å². The van der Waals surface area contributed by atoms with Gasteiger partial charge in [0, 0.05) is 44.5 Å². The van der Waals surface area contributed by atoms with E-state index in [-0.39, 0.29) is 17.5 Å². The zero-order valence-corrected chi connectivity index (χ0v) is 9.80. The number of carbonyl (C=O) groups is 1. The molecular weight excluding hydrogens is 206 g/mol. The van der Waals surface area contributed by atoms with Gasteiger partial charge in [0.05, 0.1) is 0 Å². The minimum absolute atomic E-state index is 0.0829.